The van der Waals surface area contributed by atoms with Gasteiger partial charge in [-0.05, 0) is 43.3 Å². The topological polar surface area (TPSA) is 88.1 Å². The van der Waals surface area contributed by atoms with E-state index < -0.39 is 11.9 Å². The van der Waals surface area contributed by atoms with Crippen molar-refractivity contribution in [2.24, 2.45) is 0 Å². The Bertz CT molecular complexity index is 1060. The lowest BCUT2D eigenvalue weighted by molar-refractivity contribution is -0.118. The van der Waals surface area contributed by atoms with Crippen LogP contribution in [0.4, 0.5) is 10.1 Å². The molecular weight excluding hydrogens is 357 g/mol. The highest BCUT2D eigenvalue weighted by atomic mass is 19.1. The maximum Gasteiger partial charge on any atom is 0.251 e. The molecule has 0 saturated heterocycles. The Labute approximate surface area is 162 Å². The lowest BCUT2D eigenvalue weighted by Crippen LogP contribution is -2.36. The molecule has 140 valence electrons. The molecule has 3 rings (SSSR count). The van der Waals surface area contributed by atoms with Gasteiger partial charge in [0.25, 0.3) is 5.91 Å². The van der Waals surface area contributed by atoms with Crippen molar-refractivity contribution < 1.29 is 13.9 Å². The molecule has 1 heterocycles. The molecule has 28 heavy (non-hydrogen) atoms. The number of benzene rings is 2. The van der Waals surface area contributed by atoms with Gasteiger partial charge in [0.05, 0.1) is 17.2 Å². The molecular formula is C22H18FN3O2. The highest BCUT2D eigenvalue weighted by Gasteiger charge is 2.19. The fourth-order valence-electron chi connectivity index (χ4n) is 2.69. The normalized spacial score (nSPS) is 13.0. The van der Waals surface area contributed by atoms with Gasteiger partial charge in [0.1, 0.15) is 24.2 Å². The number of carbonyl (C=O) groups is 1. The smallest absolute Gasteiger partial charge is 0.251 e. The van der Waals surface area contributed by atoms with Crippen LogP contribution in [0.1, 0.15) is 23.1 Å². The summed E-state index contributed by atoms with van der Waals surface area (Å²) in [6.45, 7) is 2.09. The van der Waals surface area contributed by atoms with Crippen molar-refractivity contribution in [3.8, 4) is 23.7 Å². The largest absolute Gasteiger partial charge is 0.488 e. The first-order valence-corrected chi connectivity index (χ1v) is 8.64. The molecule has 3 N–H and O–H groups in total. The average Bonchev–Trinajstić information content (AvgIpc) is 2.69. The van der Waals surface area contributed by atoms with E-state index in [-0.39, 0.29) is 18.9 Å². The first-order chi connectivity index (χ1) is 13.5. The number of carbonyl (C=O) groups excluding carboxylic acids is 1. The van der Waals surface area contributed by atoms with Crippen molar-refractivity contribution in [1.82, 2.24) is 5.32 Å². The molecule has 1 aliphatic rings. The summed E-state index contributed by atoms with van der Waals surface area (Å²) in [6, 6.07) is 10.8. The first-order valence-electron chi connectivity index (χ1n) is 8.64. The van der Waals surface area contributed by atoms with Crippen LogP contribution < -0.4 is 15.8 Å². The molecule has 0 unspecified atom stereocenters. The summed E-state index contributed by atoms with van der Waals surface area (Å²) >= 11 is 0. The van der Waals surface area contributed by atoms with Gasteiger partial charge >= 0.3 is 0 Å². The van der Waals surface area contributed by atoms with E-state index in [1.165, 1.54) is 18.2 Å². The highest BCUT2D eigenvalue weighted by Crippen LogP contribution is 2.27. The van der Waals surface area contributed by atoms with Gasteiger partial charge in [0.2, 0.25) is 0 Å². The van der Waals surface area contributed by atoms with E-state index in [2.05, 4.69) is 17.2 Å². The van der Waals surface area contributed by atoms with Gasteiger partial charge in [0, 0.05) is 17.7 Å². The fraction of sp³-hybridized carbons (Fsp3) is 0.182. The molecule has 1 atom stereocenters. The van der Waals surface area contributed by atoms with Crippen LogP contribution in [-0.2, 0) is 4.79 Å². The number of amides is 1. The van der Waals surface area contributed by atoms with Crippen LogP contribution in [0.25, 0.3) is 6.08 Å². The SMILES string of the molecule is Cc1ccc2c(c1)C=C(C(=O)N[C@@H](C#N)CC#Cc1cc(F)ccc1N)CO2. The van der Waals surface area contributed by atoms with Crippen LogP contribution in [0.5, 0.6) is 5.75 Å². The van der Waals surface area contributed by atoms with Crippen molar-refractivity contribution in [3.05, 3.63) is 64.5 Å². The third-order valence-corrected chi connectivity index (χ3v) is 4.18. The summed E-state index contributed by atoms with van der Waals surface area (Å²) in [7, 11) is 0. The third kappa shape index (κ3) is 4.49. The number of hydrogen-bond acceptors (Lipinski definition) is 4. The van der Waals surface area contributed by atoms with Crippen molar-refractivity contribution in [1.29, 1.82) is 5.26 Å². The van der Waals surface area contributed by atoms with Crippen LogP contribution in [0.15, 0.2) is 42.0 Å². The lowest BCUT2D eigenvalue weighted by atomic mass is 10.0. The van der Waals surface area contributed by atoms with Crippen LogP contribution >= 0.6 is 0 Å². The monoisotopic (exact) mass is 375 g/mol. The van der Waals surface area contributed by atoms with E-state index >= 15 is 0 Å². The zero-order valence-electron chi connectivity index (χ0n) is 15.3. The Morgan fingerprint density at radius 2 is 2.18 bits per heavy atom. The van der Waals surface area contributed by atoms with Gasteiger partial charge in [-0.3, -0.25) is 4.79 Å². The highest BCUT2D eigenvalue weighted by molar-refractivity contribution is 5.99. The predicted molar refractivity (Wildman–Crippen MR) is 105 cm³/mol. The summed E-state index contributed by atoms with van der Waals surface area (Å²) in [4.78, 5) is 12.5. The number of rotatable bonds is 3. The molecule has 2 aromatic rings. The number of aryl methyl sites for hydroxylation is 1. The van der Waals surface area contributed by atoms with E-state index in [4.69, 9.17) is 10.5 Å². The molecule has 0 saturated carbocycles. The second-order valence-corrected chi connectivity index (χ2v) is 6.39. The van der Waals surface area contributed by atoms with Crippen molar-refractivity contribution in [2.75, 3.05) is 12.3 Å². The summed E-state index contributed by atoms with van der Waals surface area (Å²) in [5, 5.41) is 11.9. The Kier molecular flexibility index (Phi) is 5.62. The second kappa shape index (κ2) is 8.28. The molecule has 0 aromatic heterocycles. The van der Waals surface area contributed by atoms with Gasteiger partial charge < -0.3 is 15.8 Å². The fourth-order valence-corrected chi connectivity index (χ4v) is 2.69. The molecule has 6 heteroatoms. The van der Waals surface area contributed by atoms with Crippen LogP contribution in [-0.4, -0.2) is 18.6 Å². The molecule has 0 aliphatic carbocycles. The maximum absolute atomic E-state index is 13.3. The number of hydrogen-bond donors (Lipinski definition) is 2. The summed E-state index contributed by atoms with van der Waals surface area (Å²) < 4.78 is 18.9. The molecule has 0 bridgehead atoms. The molecule has 0 spiro atoms. The maximum atomic E-state index is 13.3. The molecule has 0 radical (unpaired) electrons. The summed E-state index contributed by atoms with van der Waals surface area (Å²) in [5.74, 6) is 5.40. The average molecular weight is 375 g/mol. The Morgan fingerprint density at radius 1 is 1.36 bits per heavy atom. The van der Waals surface area contributed by atoms with E-state index in [0.29, 0.717) is 16.8 Å². The number of nitrogens with one attached hydrogen (secondary N) is 1. The van der Waals surface area contributed by atoms with Gasteiger partial charge in [-0.25, -0.2) is 4.39 Å². The number of nitrogens with two attached hydrogens (primary N) is 1. The van der Waals surface area contributed by atoms with Crippen molar-refractivity contribution in [2.45, 2.75) is 19.4 Å². The van der Waals surface area contributed by atoms with Gasteiger partial charge in [-0.1, -0.05) is 23.5 Å². The standard InChI is InChI=1S/C22H18FN3O2/c1-14-5-8-21-16(9-14)10-17(13-28-21)22(27)26-19(12-24)4-2-3-15-11-18(23)6-7-20(15)25/h5-11,19H,4,13,25H2,1H3,(H,26,27)/t19-/m1/s1. The zero-order chi connectivity index (χ0) is 20.1. The minimum atomic E-state index is -0.811. The minimum absolute atomic E-state index is 0.0853. The predicted octanol–water partition coefficient (Wildman–Crippen LogP) is 2.94. The summed E-state index contributed by atoms with van der Waals surface area (Å²) in [5.41, 5.74) is 8.75. The number of fused-ring (bicyclic) bond motifs is 1. The number of nitriles is 1. The van der Waals surface area contributed by atoms with E-state index in [0.717, 1.165) is 16.9 Å². The third-order valence-electron chi connectivity index (χ3n) is 4.18. The van der Waals surface area contributed by atoms with Crippen molar-refractivity contribution >= 4 is 17.7 Å². The van der Waals surface area contributed by atoms with Crippen molar-refractivity contribution in [3.63, 3.8) is 0 Å². The number of anilines is 1. The van der Waals surface area contributed by atoms with Crippen LogP contribution in [0.2, 0.25) is 0 Å². The Balaban J connectivity index is 1.67. The number of nitrogen functional groups attached to an aromatic ring is 1. The molecule has 2 aromatic carbocycles. The quantitative estimate of drug-likeness (QED) is 0.638. The number of nitrogens with zero attached hydrogens (tertiary/aromatic N) is 1. The van der Waals surface area contributed by atoms with E-state index in [1.807, 2.05) is 31.2 Å². The molecule has 0 fully saturated rings. The first kappa shape index (κ1) is 19.0. The Morgan fingerprint density at radius 3 is 2.96 bits per heavy atom. The minimum Gasteiger partial charge on any atom is -0.488 e. The van der Waals surface area contributed by atoms with E-state index in [1.54, 1.807) is 6.08 Å². The van der Waals surface area contributed by atoms with Gasteiger partial charge in [-0.2, -0.15) is 5.26 Å². The van der Waals surface area contributed by atoms with E-state index in [9.17, 15) is 14.4 Å². The lowest BCUT2D eigenvalue weighted by Gasteiger charge is -2.19. The van der Waals surface area contributed by atoms with Crippen LogP contribution in [0, 0.1) is 35.9 Å². The Hall–Kier alpha value is -3.77. The van der Waals surface area contributed by atoms with Gasteiger partial charge in [-0.15, -0.1) is 0 Å². The number of ether oxygens (including phenoxy) is 1. The van der Waals surface area contributed by atoms with Gasteiger partial charge in [0.15, 0.2) is 0 Å². The summed E-state index contributed by atoms with van der Waals surface area (Å²) in [6.07, 6.45) is 1.84. The number of halogens is 1. The molecule has 1 amide bonds. The van der Waals surface area contributed by atoms with Crippen LogP contribution in [0.3, 0.4) is 0 Å². The molecule has 1 aliphatic heterocycles. The zero-order valence-corrected chi connectivity index (χ0v) is 15.3. The molecule has 5 nitrogen and oxygen atoms in total. The second-order valence-electron chi connectivity index (χ2n) is 6.39.